The van der Waals surface area contributed by atoms with E-state index in [2.05, 4.69) is 27.7 Å². The Morgan fingerprint density at radius 3 is 2.33 bits per heavy atom. The molecule has 0 N–H and O–H groups in total. The van der Waals surface area contributed by atoms with Gasteiger partial charge in [0.15, 0.2) is 0 Å². The normalized spacial score (nSPS) is 36.3. The van der Waals surface area contributed by atoms with Crippen molar-refractivity contribution in [3.63, 3.8) is 0 Å². The van der Waals surface area contributed by atoms with Gasteiger partial charge in [0.1, 0.15) is 6.29 Å². The quantitative estimate of drug-likeness (QED) is 0.579. The Bertz CT molecular complexity index is 172. The van der Waals surface area contributed by atoms with Crippen molar-refractivity contribution >= 4 is 6.29 Å². The molecule has 1 saturated carbocycles. The van der Waals surface area contributed by atoms with Gasteiger partial charge in [-0.3, -0.25) is 0 Å². The summed E-state index contributed by atoms with van der Waals surface area (Å²) in [5, 5.41) is 0. The van der Waals surface area contributed by atoms with E-state index in [0.29, 0.717) is 11.3 Å². The molecule has 70 valence electrons. The molecule has 0 aromatic rings. The Balaban J connectivity index is 2.74. The van der Waals surface area contributed by atoms with Crippen molar-refractivity contribution in [2.45, 2.75) is 40.5 Å². The summed E-state index contributed by atoms with van der Waals surface area (Å²) in [6.07, 6.45) is 3.63. The molecule has 0 aliphatic heterocycles. The van der Waals surface area contributed by atoms with Crippen LogP contribution in [0.1, 0.15) is 40.5 Å². The van der Waals surface area contributed by atoms with Crippen LogP contribution in [-0.2, 0) is 4.79 Å². The zero-order chi connectivity index (χ0) is 9.35. The van der Waals surface area contributed by atoms with E-state index in [1.165, 1.54) is 12.8 Å². The molecule has 1 fully saturated rings. The molecule has 0 aromatic heterocycles. The summed E-state index contributed by atoms with van der Waals surface area (Å²) in [4.78, 5) is 10.7. The molecule has 1 aliphatic carbocycles. The van der Waals surface area contributed by atoms with Crippen LogP contribution in [0.5, 0.6) is 0 Å². The Hall–Kier alpha value is -0.330. The second kappa shape index (κ2) is 3.20. The molecule has 1 nitrogen and oxygen atoms in total. The monoisotopic (exact) mass is 168 g/mol. The topological polar surface area (TPSA) is 17.1 Å². The average molecular weight is 168 g/mol. The molecular formula is C11H20O. The summed E-state index contributed by atoms with van der Waals surface area (Å²) in [6, 6.07) is 0. The van der Waals surface area contributed by atoms with Gasteiger partial charge in [0.25, 0.3) is 0 Å². The fourth-order valence-corrected chi connectivity index (χ4v) is 2.57. The zero-order valence-electron chi connectivity index (χ0n) is 8.63. The van der Waals surface area contributed by atoms with Gasteiger partial charge in [-0.05, 0) is 30.1 Å². The molecule has 0 radical (unpaired) electrons. The van der Waals surface area contributed by atoms with E-state index in [-0.39, 0.29) is 5.92 Å². The molecule has 3 atom stereocenters. The first kappa shape index (κ1) is 9.76. The highest BCUT2D eigenvalue weighted by atomic mass is 16.1. The van der Waals surface area contributed by atoms with E-state index in [4.69, 9.17) is 0 Å². The number of carbonyl (C=O) groups excluding carboxylic acids is 1. The average Bonchev–Trinajstić information content (AvgIpc) is 2.27. The highest BCUT2D eigenvalue weighted by molar-refractivity contribution is 5.53. The third-order valence-corrected chi connectivity index (χ3v) is 3.99. The van der Waals surface area contributed by atoms with Gasteiger partial charge in [0.2, 0.25) is 0 Å². The molecule has 3 unspecified atom stereocenters. The first-order chi connectivity index (χ1) is 5.50. The molecule has 0 amide bonds. The van der Waals surface area contributed by atoms with E-state index in [1.54, 1.807) is 0 Å². The van der Waals surface area contributed by atoms with Crippen LogP contribution in [0, 0.1) is 23.2 Å². The predicted octanol–water partition coefficient (Wildman–Crippen LogP) is 2.89. The molecular weight excluding hydrogens is 148 g/mol. The summed E-state index contributed by atoms with van der Waals surface area (Å²) in [7, 11) is 0. The van der Waals surface area contributed by atoms with Gasteiger partial charge in [-0.1, -0.05) is 27.7 Å². The van der Waals surface area contributed by atoms with E-state index >= 15 is 0 Å². The molecule has 0 saturated heterocycles. The number of carbonyl (C=O) groups is 1. The highest BCUT2D eigenvalue weighted by Crippen LogP contribution is 2.49. The maximum atomic E-state index is 10.7. The van der Waals surface area contributed by atoms with Crippen LogP contribution in [0.15, 0.2) is 0 Å². The van der Waals surface area contributed by atoms with Gasteiger partial charge in [-0.15, -0.1) is 0 Å². The van der Waals surface area contributed by atoms with Crippen molar-refractivity contribution in [2.75, 3.05) is 0 Å². The lowest BCUT2D eigenvalue weighted by Gasteiger charge is -2.33. The molecule has 12 heavy (non-hydrogen) atoms. The SMILES string of the molecule is CC(C=O)C1CCC(C)C1(C)C. The molecule has 0 bridgehead atoms. The van der Waals surface area contributed by atoms with Crippen LogP contribution >= 0.6 is 0 Å². The van der Waals surface area contributed by atoms with Crippen molar-refractivity contribution in [3.05, 3.63) is 0 Å². The summed E-state index contributed by atoms with van der Waals surface area (Å²) in [5.41, 5.74) is 0.361. The first-order valence-electron chi connectivity index (χ1n) is 4.95. The molecule has 1 heteroatoms. The van der Waals surface area contributed by atoms with Crippen molar-refractivity contribution in [3.8, 4) is 0 Å². The molecule has 1 rings (SSSR count). The maximum absolute atomic E-state index is 10.7. The summed E-state index contributed by atoms with van der Waals surface area (Å²) in [5.74, 6) is 1.61. The second-order valence-electron chi connectivity index (χ2n) is 4.90. The predicted molar refractivity (Wildman–Crippen MR) is 50.9 cm³/mol. The van der Waals surface area contributed by atoms with Gasteiger partial charge in [-0.25, -0.2) is 0 Å². The van der Waals surface area contributed by atoms with E-state index in [1.807, 2.05) is 0 Å². The number of hydrogen-bond donors (Lipinski definition) is 0. The van der Waals surface area contributed by atoms with Gasteiger partial charge in [-0.2, -0.15) is 0 Å². The zero-order valence-corrected chi connectivity index (χ0v) is 8.63. The lowest BCUT2D eigenvalue weighted by molar-refractivity contribution is -0.113. The molecule has 1 aliphatic rings. The van der Waals surface area contributed by atoms with E-state index in [9.17, 15) is 4.79 Å². The lowest BCUT2D eigenvalue weighted by atomic mass is 9.72. The highest BCUT2D eigenvalue weighted by Gasteiger charge is 2.42. The van der Waals surface area contributed by atoms with Gasteiger partial charge >= 0.3 is 0 Å². The Kier molecular flexibility index (Phi) is 2.60. The van der Waals surface area contributed by atoms with Crippen LogP contribution in [0.3, 0.4) is 0 Å². The van der Waals surface area contributed by atoms with Crippen LogP contribution in [0.4, 0.5) is 0 Å². The number of rotatable bonds is 2. The largest absolute Gasteiger partial charge is 0.303 e. The molecule has 0 aromatic carbocycles. The van der Waals surface area contributed by atoms with E-state index < -0.39 is 0 Å². The third-order valence-electron chi connectivity index (χ3n) is 3.99. The Morgan fingerprint density at radius 2 is 2.00 bits per heavy atom. The van der Waals surface area contributed by atoms with Gasteiger partial charge in [0.05, 0.1) is 0 Å². The molecule has 0 heterocycles. The van der Waals surface area contributed by atoms with E-state index in [0.717, 1.165) is 12.2 Å². The van der Waals surface area contributed by atoms with Crippen molar-refractivity contribution in [1.82, 2.24) is 0 Å². The van der Waals surface area contributed by atoms with Crippen LogP contribution in [0.2, 0.25) is 0 Å². The third kappa shape index (κ3) is 1.41. The van der Waals surface area contributed by atoms with Crippen molar-refractivity contribution in [2.24, 2.45) is 23.2 Å². The van der Waals surface area contributed by atoms with Crippen molar-refractivity contribution < 1.29 is 4.79 Å². The number of hydrogen-bond acceptors (Lipinski definition) is 1. The van der Waals surface area contributed by atoms with Crippen LogP contribution in [0.25, 0.3) is 0 Å². The Labute approximate surface area is 75.5 Å². The van der Waals surface area contributed by atoms with Crippen LogP contribution < -0.4 is 0 Å². The minimum Gasteiger partial charge on any atom is -0.303 e. The summed E-state index contributed by atoms with van der Waals surface area (Å²) >= 11 is 0. The smallest absolute Gasteiger partial charge is 0.123 e. The molecule has 0 spiro atoms. The summed E-state index contributed by atoms with van der Waals surface area (Å²) < 4.78 is 0. The van der Waals surface area contributed by atoms with Gasteiger partial charge in [0, 0.05) is 5.92 Å². The minimum absolute atomic E-state index is 0.241. The fourth-order valence-electron chi connectivity index (χ4n) is 2.57. The maximum Gasteiger partial charge on any atom is 0.123 e. The number of aldehydes is 1. The van der Waals surface area contributed by atoms with Gasteiger partial charge < -0.3 is 4.79 Å². The summed E-state index contributed by atoms with van der Waals surface area (Å²) in [6.45, 7) is 8.96. The minimum atomic E-state index is 0.241. The van der Waals surface area contributed by atoms with Crippen molar-refractivity contribution in [1.29, 1.82) is 0 Å². The Morgan fingerprint density at radius 1 is 1.42 bits per heavy atom. The first-order valence-corrected chi connectivity index (χ1v) is 4.95. The standard InChI is InChI=1S/C11H20O/c1-8(7-12)10-6-5-9(2)11(10,3)4/h7-10H,5-6H2,1-4H3. The second-order valence-corrected chi connectivity index (χ2v) is 4.90. The van der Waals surface area contributed by atoms with Crippen LogP contribution in [-0.4, -0.2) is 6.29 Å². The fraction of sp³-hybridized carbons (Fsp3) is 0.909. The lowest BCUT2D eigenvalue weighted by Crippen LogP contribution is -2.28.